The second kappa shape index (κ2) is 8.15. The first-order valence-corrected chi connectivity index (χ1v) is 12.2. The van der Waals surface area contributed by atoms with Crippen molar-refractivity contribution in [2.24, 2.45) is 0 Å². The van der Waals surface area contributed by atoms with Crippen molar-refractivity contribution in [3.05, 3.63) is 59.1 Å². The Hall–Kier alpha value is -2.60. The Morgan fingerprint density at radius 1 is 1.16 bits per heavy atom. The summed E-state index contributed by atoms with van der Waals surface area (Å²) in [5.74, 6) is -0.0737. The highest BCUT2D eigenvalue weighted by atomic mass is 32.1. The average Bonchev–Trinajstić information content (AvgIpc) is 3.37. The predicted octanol–water partition coefficient (Wildman–Crippen LogP) is 4.61. The summed E-state index contributed by atoms with van der Waals surface area (Å²) in [6.07, 6.45) is 6.36. The summed E-state index contributed by atoms with van der Waals surface area (Å²) in [6, 6.07) is 14.4. The van der Waals surface area contributed by atoms with Gasteiger partial charge in [-0.15, -0.1) is 11.3 Å². The summed E-state index contributed by atoms with van der Waals surface area (Å²) in [4.78, 5) is 29.1. The number of nitrogens with one attached hydrogen (secondary N) is 1. The van der Waals surface area contributed by atoms with E-state index < -0.39 is 5.54 Å². The molecular formula is C25H29N3O2S. The van der Waals surface area contributed by atoms with Gasteiger partial charge in [-0.05, 0) is 49.3 Å². The molecule has 5 nitrogen and oxygen atoms in total. The first-order valence-electron chi connectivity index (χ1n) is 11.3. The largest absolute Gasteiger partial charge is 0.351 e. The summed E-state index contributed by atoms with van der Waals surface area (Å²) < 4.78 is 3.15. The van der Waals surface area contributed by atoms with Gasteiger partial charge in [-0.2, -0.15) is 0 Å². The third-order valence-electron chi connectivity index (χ3n) is 6.95. The van der Waals surface area contributed by atoms with Gasteiger partial charge in [0.25, 0.3) is 5.91 Å². The topological polar surface area (TPSA) is 54.3 Å². The molecule has 2 aliphatic rings. The number of rotatable bonds is 5. The van der Waals surface area contributed by atoms with E-state index in [1.54, 1.807) is 11.3 Å². The molecule has 2 amide bonds. The molecule has 3 heterocycles. The monoisotopic (exact) mass is 435 g/mol. The Morgan fingerprint density at radius 2 is 1.94 bits per heavy atom. The van der Waals surface area contributed by atoms with Crippen LogP contribution in [0.3, 0.4) is 0 Å². The zero-order chi connectivity index (χ0) is 21.4. The van der Waals surface area contributed by atoms with Gasteiger partial charge in [0.1, 0.15) is 11.2 Å². The minimum Gasteiger partial charge on any atom is -0.351 e. The third kappa shape index (κ3) is 3.67. The second-order valence-electron chi connectivity index (χ2n) is 9.06. The summed E-state index contributed by atoms with van der Waals surface area (Å²) in [5.41, 5.74) is 2.00. The summed E-state index contributed by atoms with van der Waals surface area (Å²) >= 11 is 1.64. The number of carbonyl (C=O) groups is 2. The lowest BCUT2D eigenvalue weighted by Crippen LogP contribution is -2.65. The van der Waals surface area contributed by atoms with Crippen molar-refractivity contribution in [3.8, 4) is 0 Å². The van der Waals surface area contributed by atoms with E-state index in [1.165, 1.54) is 12.0 Å². The number of hydrogen-bond donors (Lipinski definition) is 1. The zero-order valence-corrected chi connectivity index (χ0v) is 18.8. The van der Waals surface area contributed by atoms with Crippen LogP contribution in [0.1, 0.15) is 55.1 Å². The van der Waals surface area contributed by atoms with Gasteiger partial charge in [0.05, 0.1) is 16.8 Å². The number of thiophene rings is 1. The first-order chi connectivity index (χ1) is 15.1. The number of benzene rings is 1. The van der Waals surface area contributed by atoms with Gasteiger partial charge in [0.15, 0.2) is 0 Å². The second-order valence-corrected chi connectivity index (χ2v) is 10.0. The molecule has 3 aromatic rings. The Morgan fingerprint density at radius 3 is 2.71 bits per heavy atom. The maximum absolute atomic E-state index is 13.6. The fourth-order valence-corrected chi connectivity index (χ4v) is 5.92. The van der Waals surface area contributed by atoms with E-state index in [0.29, 0.717) is 18.8 Å². The number of hydrogen-bond acceptors (Lipinski definition) is 3. The maximum atomic E-state index is 13.6. The number of nitrogens with zero attached hydrogens (tertiary/aromatic N) is 2. The molecule has 1 saturated carbocycles. The number of fused-ring (bicyclic) bond motifs is 3. The predicted molar refractivity (Wildman–Crippen MR) is 124 cm³/mol. The van der Waals surface area contributed by atoms with Gasteiger partial charge in [0, 0.05) is 12.6 Å². The lowest BCUT2D eigenvalue weighted by Gasteiger charge is -2.45. The lowest BCUT2D eigenvalue weighted by atomic mass is 9.91. The Balaban J connectivity index is 1.47. The summed E-state index contributed by atoms with van der Waals surface area (Å²) in [7, 11) is 0. The van der Waals surface area contributed by atoms with Crippen molar-refractivity contribution in [2.45, 2.75) is 63.6 Å². The van der Waals surface area contributed by atoms with Crippen molar-refractivity contribution < 1.29 is 9.59 Å². The van der Waals surface area contributed by atoms with E-state index in [0.717, 1.165) is 42.3 Å². The van der Waals surface area contributed by atoms with E-state index in [4.69, 9.17) is 0 Å². The highest BCUT2D eigenvalue weighted by Gasteiger charge is 2.48. The SMILES string of the molecule is C[C@@]1(C(=O)NC2CCCCC2)Cn2c(cc3sccc32)C(=O)N1CCc1ccccc1. The van der Waals surface area contributed by atoms with Crippen LogP contribution in [0.15, 0.2) is 47.8 Å². The van der Waals surface area contributed by atoms with Gasteiger partial charge in [-0.25, -0.2) is 0 Å². The number of amides is 2. The highest BCUT2D eigenvalue weighted by molar-refractivity contribution is 7.17. The normalized spacial score (nSPS) is 22.0. The Kier molecular flexibility index (Phi) is 5.34. The molecule has 2 aromatic heterocycles. The van der Waals surface area contributed by atoms with Crippen LogP contribution < -0.4 is 5.32 Å². The summed E-state index contributed by atoms with van der Waals surface area (Å²) in [5, 5.41) is 5.34. The lowest BCUT2D eigenvalue weighted by molar-refractivity contribution is -0.133. The molecule has 1 N–H and O–H groups in total. The van der Waals surface area contributed by atoms with E-state index >= 15 is 0 Å². The fourth-order valence-electron chi connectivity index (χ4n) is 5.10. The molecule has 1 aromatic carbocycles. The average molecular weight is 436 g/mol. The molecule has 0 unspecified atom stereocenters. The Labute approximate surface area is 187 Å². The van der Waals surface area contributed by atoms with Crippen molar-refractivity contribution in [2.75, 3.05) is 6.54 Å². The van der Waals surface area contributed by atoms with Crippen LogP contribution in [0.2, 0.25) is 0 Å². The van der Waals surface area contributed by atoms with E-state index in [-0.39, 0.29) is 17.9 Å². The minimum absolute atomic E-state index is 0.0245. The quantitative estimate of drug-likeness (QED) is 0.636. The highest BCUT2D eigenvalue weighted by Crippen LogP contribution is 2.34. The third-order valence-corrected chi connectivity index (χ3v) is 7.80. The van der Waals surface area contributed by atoms with Crippen molar-refractivity contribution in [1.29, 1.82) is 0 Å². The van der Waals surface area contributed by atoms with Crippen molar-refractivity contribution in [1.82, 2.24) is 14.8 Å². The molecular weight excluding hydrogens is 406 g/mol. The fraction of sp³-hybridized carbons (Fsp3) is 0.440. The molecule has 6 heteroatoms. The van der Waals surface area contributed by atoms with Crippen LogP contribution in [-0.4, -0.2) is 39.4 Å². The van der Waals surface area contributed by atoms with E-state index in [9.17, 15) is 9.59 Å². The van der Waals surface area contributed by atoms with Crippen molar-refractivity contribution in [3.63, 3.8) is 0 Å². The first kappa shape index (κ1) is 20.3. The molecule has 1 fully saturated rings. The van der Waals surface area contributed by atoms with Gasteiger partial charge in [0.2, 0.25) is 5.91 Å². The van der Waals surface area contributed by atoms with Gasteiger partial charge >= 0.3 is 0 Å². The van der Waals surface area contributed by atoms with E-state index in [2.05, 4.69) is 23.5 Å². The molecule has 0 spiro atoms. The Bertz CT molecular complexity index is 1100. The van der Waals surface area contributed by atoms with Gasteiger partial charge in [-0.3, -0.25) is 9.59 Å². The number of aromatic nitrogens is 1. The van der Waals surface area contributed by atoms with E-state index in [1.807, 2.05) is 46.0 Å². The molecule has 0 bridgehead atoms. The van der Waals surface area contributed by atoms with Crippen LogP contribution in [0, 0.1) is 0 Å². The molecule has 0 radical (unpaired) electrons. The van der Waals surface area contributed by atoms with Gasteiger partial charge < -0.3 is 14.8 Å². The standard InChI is InChI=1S/C25H29N3O2S/c1-25(24(30)26-19-10-6-3-7-11-19)17-27-20-13-15-31-22(20)16-21(27)23(29)28(25)14-12-18-8-4-2-5-9-18/h2,4-5,8-9,13,15-16,19H,3,6-7,10-12,14,17H2,1H3,(H,26,30)/t25-/m0/s1. The van der Waals surface area contributed by atoms with Crippen LogP contribution >= 0.6 is 11.3 Å². The summed E-state index contributed by atoms with van der Waals surface area (Å²) in [6.45, 7) is 2.95. The van der Waals surface area contributed by atoms with Crippen LogP contribution in [0.4, 0.5) is 0 Å². The zero-order valence-electron chi connectivity index (χ0n) is 18.0. The molecule has 31 heavy (non-hydrogen) atoms. The van der Waals surface area contributed by atoms with Crippen LogP contribution in [0.25, 0.3) is 10.2 Å². The number of carbonyl (C=O) groups excluding carboxylic acids is 2. The minimum atomic E-state index is -0.913. The molecule has 1 atom stereocenters. The molecule has 1 aliphatic carbocycles. The smallest absolute Gasteiger partial charge is 0.271 e. The molecule has 1 aliphatic heterocycles. The van der Waals surface area contributed by atoms with Crippen LogP contribution in [0.5, 0.6) is 0 Å². The molecule has 162 valence electrons. The maximum Gasteiger partial charge on any atom is 0.271 e. The van der Waals surface area contributed by atoms with Gasteiger partial charge in [-0.1, -0.05) is 49.6 Å². The van der Waals surface area contributed by atoms with Crippen LogP contribution in [-0.2, 0) is 17.8 Å². The molecule has 0 saturated heterocycles. The molecule has 5 rings (SSSR count). The van der Waals surface area contributed by atoms with Crippen molar-refractivity contribution >= 4 is 33.4 Å².